The van der Waals surface area contributed by atoms with Gasteiger partial charge in [0.05, 0.1) is 12.1 Å². The van der Waals surface area contributed by atoms with Crippen LogP contribution in [0.25, 0.3) is 0 Å². The van der Waals surface area contributed by atoms with Gasteiger partial charge < -0.3 is 20.3 Å². The van der Waals surface area contributed by atoms with Gasteiger partial charge in [-0.1, -0.05) is 0 Å². The Hall–Kier alpha value is -0.690. The molecule has 2 atom stereocenters. The molecule has 0 aliphatic carbocycles. The molecule has 2 rings (SSSR count). The molecule has 2 N–H and O–H groups in total. The van der Waals surface area contributed by atoms with Gasteiger partial charge in [0.2, 0.25) is 5.91 Å². The average Bonchev–Trinajstić information content (AvgIpc) is 2.90. The fraction of sp³-hybridized carbons (Fsp3) is 0.923. The number of amides is 1. The molecule has 6 nitrogen and oxygen atoms in total. The molecule has 19 heavy (non-hydrogen) atoms. The van der Waals surface area contributed by atoms with Crippen LogP contribution >= 0.6 is 0 Å². The summed E-state index contributed by atoms with van der Waals surface area (Å²) < 4.78 is 5.25. The molecule has 0 radical (unpaired) electrons. The first-order valence-corrected chi connectivity index (χ1v) is 7.14. The summed E-state index contributed by atoms with van der Waals surface area (Å²) in [5, 5.41) is 6.21. The van der Waals surface area contributed by atoms with Crippen molar-refractivity contribution in [1.82, 2.24) is 20.4 Å². The van der Waals surface area contributed by atoms with Gasteiger partial charge in [-0.2, -0.15) is 0 Å². The van der Waals surface area contributed by atoms with Crippen molar-refractivity contribution in [3.8, 4) is 0 Å². The number of ether oxygens (including phenoxy) is 1. The number of nitrogens with one attached hydrogen (secondary N) is 2. The van der Waals surface area contributed by atoms with E-state index >= 15 is 0 Å². The number of hydrogen-bond donors (Lipinski definition) is 2. The lowest BCUT2D eigenvalue weighted by molar-refractivity contribution is -0.123. The number of piperazine rings is 1. The van der Waals surface area contributed by atoms with Crippen molar-refractivity contribution in [3.05, 3.63) is 0 Å². The first-order chi connectivity index (χ1) is 9.19. The molecule has 110 valence electrons. The second-order valence-electron chi connectivity index (χ2n) is 5.49. The summed E-state index contributed by atoms with van der Waals surface area (Å²) in [5.41, 5.74) is 0. The van der Waals surface area contributed by atoms with Gasteiger partial charge in [0.1, 0.15) is 0 Å². The van der Waals surface area contributed by atoms with E-state index in [9.17, 15) is 4.79 Å². The Balaban J connectivity index is 1.59. The summed E-state index contributed by atoms with van der Waals surface area (Å²) in [6.07, 6.45) is 0.949. The van der Waals surface area contributed by atoms with E-state index in [1.54, 1.807) is 7.11 Å². The Labute approximate surface area is 115 Å². The minimum absolute atomic E-state index is 0.0857. The number of nitrogens with zero attached hydrogens (tertiary/aromatic N) is 2. The molecule has 0 bridgehead atoms. The normalized spacial score (nSPS) is 29.6. The quantitative estimate of drug-likeness (QED) is 0.652. The number of likely N-dealkylation sites (N-methyl/N-ethyl adjacent to an activating group) is 1. The molecule has 6 heteroatoms. The standard InChI is InChI=1S/C13H26N4O2/c1-16-5-7-17(8-6-16)4-3-14-13(18)12-9-11(19-2)10-15-12/h11-12,15H,3-10H2,1-2H3,(H,14,18). The molecule has 0 saturated carbocycles. The second kappa shape index (κ2) is 7.19. The zero-order valence-electron chi connectivity index (χ0n) is 12.0. The smallest absolute Gasteiger partial charge is 0.237 e. The lowest BCUT2D eigenvalue weighted by atomic mass is 10.2. The lowest BCUT2D eigenvalue weighted by Crippen LogP contribution is -2.48. The molecule has 2 aliphatic heterocycles. The predicted octanol–water partition coefficient (Wildman–Crippen LogP) is -1.27. The van der Waals surface area contributed by atoms with E-state index in [1.165, 1.54) is 0 Å². The molecule has 2 saturated heterocycles. The van der Waals surface area contributed by atoms with Gasteiger partial charge in [0, 0.05) is 52.9 Å². The first kappa shape index (κ1) is 14.7. The maximum absolute atomic E-state index is 11.9. The summed E-state index contributed by atoms with van der Waals surface area (Å²) in [5.74, 6) is 0.105. The summed E-state index contributed by atoms with van der Waals surface area (Å²) in [6, 6.07) is -0.0857. The Morgan fingerprint density at radius 2 is 2.11 bits per heavy atom. The van der Waals surface area contributed by atoms with Crippen LogP contribution in [0.2, 0.25) is 0 Å². The molecule has 0 spiro atoms. The third-order valence-corrected chi connectivity index (χ3v) is 4.06. The van der Waals surface area contributed by atoms with E-state index in [0.717, 1.165) is 52.2 Å². The Kier molecular flexibility index (Phi) is 5.57. The molecule has 2 heterocycles. The Bertz CT molecular complexity index is 292. The number of hydrogen-bond acceptors (Lipinski definition) is 5. The SMILES string of the molecule is COC1CNC(C(=O)NCCN2CCN(C)CC2)C1. The van der Waals surface area contributed by atoms with Crippen LogP contribution in [0.3, 0.4) is 0 Å². The number of methoxy groups -OCH3 is 1. The summed E-state index contributed by atoms with van der Waals surface area (Å²) in [4.78, 5) is 16.7. The Morgan fingerprint density at radius 3 is 2.74 bits per heavy atom. The molecule has 0 aromatic heterocycles. The first-order valence-electron chi connectivity index (χ1n) is 7.14. The van der Waals surface area contributed by atoms with Crippen LogP contribution in [0.4, 0.5) is 0 Å². The highest BCUT2D eigenvalue weighted by molar-refractivity contribution is 5.82. The van der Waals surface area contributed by atoms with Crippen molar-refractivity contribution in [3.63, 3.8) is 0 Å². The van der Waals surface area contributed by atoms with Crippen LogP contribution in [0.5, 0.6) is 0 Å². The largest absolute Gasteiger partial charge is 0.380 e. The topological polar surface area (TPSA) is 56.8 Å². The van der Waals surface area contributed by atoms with Crippen LogP contribution in [-0.4, -0.2) is 87.8 Å². The number of carbonyl (C=O) groups is 1. The maximum Gasteiger partial charge on any atom is 0.237 e. The van der Waals surface area contributed by atoms with Crippen molar-refractivity contribution in [1.29, 1.82) is 0 Å². The van der Waals surface area contributed by atoms with Crippen LogP contribution in [-0.2, 0) is 9.53 Å². The molecule has 2 aliphatic rings. The fourth-order valence-corrected chi connectivity index (χ4v) is 2.61. The molecular weight excluding hydrogens is 244 g/mol. The van der Waals surface area contributed by atoms with Gasteiger partial charge in [-0.05, 0) is 13.5 Å². The lowest BCUT2D eigenvalue weighted by Gasteiger charge is -2.32. The van der Waals surface area contributed by atoms with Crippen LogP contribution in [0, 0.1) is 0 Å². The predicted molar refractivity (Wildman–Crippen MR) is 74.2 cm³/mol. The van der Waals surface area contributed by atoms with E-state index in [4.69, 9.17) is 4.74 Å². The minimum Gasteiger partial charge on any atom is -0.380 e. The molecule has 0 aromatic rings. The summed E-state index contributed by atoms with van der Waals surface area (Å²) in [6.45, 7) is 6.88. The third kappa shape index (κ3) is 4.42. The van der Waals surface area contributed by atoms with Crippen molar-refractivity contribution < 1.29 is 9.53 Å². The highest BCUT2D eigenvalue weighted by atomic mass is 16.5. The highest BCUT2D eigenvalue weighted by Crippen LogP contribution is 2.09. The molecule has 1 amide bonds. The molecule has 2 fully saturated rings. The molecule has 2 unspecified atom stereocenters. The van der Waals surface area contributed by atoms with Gasteiger partial charge in [0.25, 0.3) is 0 Å². The second-order valence-corrected chi connectivity index (χ2v) is 5.49. The van der Waals surface area contributed by atoms with E-state index < -0.39 is 0 Å². The maximum atomic E-state index is 11.9. The van der Waals surface area contributed by atoms with Crippen molar-refractivity contribution >= 4 is 5.91 Å². The monoisotopic (exact) mass is 270 g/mol. The average molecular weight is 270 g/mol. The van der Waals surface area contributed by atoms with E-state index in [2.05, 4.69) is 27.5 Å². The molecular formula is C13H26N4O2. The van der Waals surface area contributed by atoms with E-state index in [0.29, 0.717) is 0 Å². The summed E-state index contributed by atoms with van der Waals surface area (Å²) >= 11 is 0. The minimum atomic E-state index is -0.0857. The van der Waals surface area contributed by atoms with Gasteiger partial charge in [-0.15, -0.1) is 0 Å². The van der Waals surface area contributed by atoms with Crippen molar-refractivity contribution in [2.45, 2.75) is 18.6 Å². The van der Waals surface area contributed by atoms with Crippen molar-refractivity contribution in [2.24, 2.45) is 0 Å². The summed E-state index contributed by atoms with van der Waals surface area (Å²) in [7, 11) is 3.84. The highest BCUT2D eigenvalue weighted by Gasteiger charge is 2.29. The zero-order chi connectivity index (χ0) is 13.7. The molecule has 0 aromatic carbocycles. The zero-order valence-corrected chi connectivity index (χ0v) is 12.0. The van der Waals surface area contributed by atoms with Crippen LogP contribution in [0.1, 0.15) is 6.42 Å². The fourth-order valence-electron chi connectivity index (χ4n) is 2.61. The Morgan fingerprint density at radius 1 is 1.37 bits per heavy atom. The van der Waals surface area contributed by atoms with E-state index in [-0.39, 0.29) is 18.1 Å². The van der Waals surface area contributed by atoms with E-state index in [1.807, 2.05) is 0 Å². The van der Waals surface area contributed by atoms with Gasteiger partial charge in [-0.3, -0.25) is 9.69 Å². The van der Waals surface area contributed by atoms with Gasteiger partial charge in [0.15, 0.2) is 0 Å². The van der Waals surface area contributed by atoms with Crippen LogP contribution in [0.15, 0.2) is 0 Å². The van der Waals surface area contributed by atoms with Gasteiger partial charge in [-0.25, -0.2) is 0 Å². The van der Waals surface area contributed by atoms with Gasteiger partial charge >= 0.3 is 0 Å². The van der Waals surface area contributed by atoms with Crippen molar-refractivity contribution in [2.75, 3.05) is 60.0 Å². The van der Waals surface area contributed by atoms with Crippen LogP contribution < -0.4 is 10.6 Å². The number of rotatable bonds is 5. The number of carbonyl (C=O) groups excluding carboxylic acids is 1. The third-order valence-electron chi connectivity index (χ3n) is 4.06.